The van der Waals surface area contributed by atoms with Crippen LogP contribution < -0.4 is 5.73 Å². The zero-order chi connectivity index (χ0) is 9.64. The van der Waals surface area contributed by atoms with E-state index in [1.807, 2.05) is 0 Å². The van der Waals surface area contributed by atoms with Crippen LogP contribution in [0.25, 0.3) is 0 Å². The van der Waals surface area contributed by atoms with Gasteiger partial charge in [0, 0.05) is 18.0 Å². The zero-order valence-electron chi connectivity index (χ0n) is 6.73. The summed E-state index contributed by atoms with van der Waals surface area (Å²) >= 11 is 0. The third-order valence-corrected chi connectivity index (χ3v) is 2.28. The highest BCUT2D eigenvalue weighted by molar-refractivity contribution is 5.38. The summed E-state index contributed by atoms with van der Waals surface area (Å²) in [7, 11) is 0. The van der Waals surface area contributed by atoms with Gasteiger partial charge in [0.15, 0.2) is 0 Å². The van der Waals surface area contributed by atoms with Crippen molar-refractivity contribution >= 4 is 0 Å². The van der Waals surface area contributed by atoms with Crippen molar-refractivity contribution in [3.05, 3.63) is 35.1 Å². The highest BCUT2D eigenvalue weighted by Crippen LogP contribution is 2.46. The molecule has 0 fully saturated rings. The van der Waals surface area contributed by atoms with Gasteiger partial charge in [0.25, 0.3) is 5.92 Å². The SMILES string of the molecule is NC1CC(F)(F)c2ccc(F)cc21. The van der Waals surface area contributed by atoms with E-state index >= 15 is 0 Å². The van der Waals surface area contributed by atoms with E-state index in [1.54, 1.807) is 0 Å². The van der Waals surface area contributed by atoms with Crippen LogP contribution in [0.3, 0.4) is 0 Å². The van der Waals surface area contributed by atoms with Crippen LogP contribution in [-0.4, -0.2) is 0 Å². The maximum Gasteiger partial charge on any atom is 0.275 e. The quantitative estimate of drug-likeness (QED) is 0.662. The fourth-order valence-electron chi connectivity index (χ4n) is 1.67. The van der Waals surface area contributed by atoms with Crippen LogP contribution >= 0.6 is 0 Å². The fourth-order valence-corrected chi connectivity index (χ4v) is 1.67. The molecule has 0 saturated heterocycles. The smallest absolute Gasteiger partial charge is 0.275 e. The summed E-state index contributed by atoms with van der Waals surface area (Å²) in [5.41, 5.74) is 5.53. The van der Waals surface area contributed by atoms with Crippen molar-refractivity contribution in [2.45, 2.75) is 18.4 Å². The summed E-state index contributed by atoms with van der Waals surface area (Å²) in [6.45, 7) is 0. The highest BCUT2D eigenvalue weighted by Gasteiger charge is 2.43. The molecule has 0 spiro atoms. The molecule has 2 rings (SSSR count). The summed E-state index contributed by atoms with van der Waals surface area (Å²) in [6, 6.07) is 2.48. The molecule has 13 heavy (non-hydrogen) atoms. The van der Waals surface area contributed by atoms with Crippen LogP contribution in [0.5, 0.6) is 0 Å². The Balaban J connectivity index is 2.59. The number of benzene rings is 1. The van der Waals surface area contributed by atoms with Gasteiger partial charge in [-0.2, -0.15) is 0 Å². The van der Waals surface area contributed by atoms with Crippen molar-refractivity contribution < 1.29 is 13.2 Å². The average Bonchev–Trinajstić information content (AvgIpc) is 2.22. The molecular weight excluding hydrogens is 179 g/mol. The number of rotatable bonds is 0. The zero-order valence-corrected chi connectivity index (χ0v) is 6.73. The van der Waals surface area contributed by atoms with E-state index in [9.17, 15) is 13.2 Å². The van der Waals surface area contributed by atoms with E-state index in [0.29, 0.717) is 0 Å². The molecule has 0 radical (unpaired) electrons. The molecule has 1 unspecified atom stereocenters. The molecular formula is C9H8F3N. The largest absolute Gasteiger partial charge is 0.324 e. The molecule has 1 nitrogen and oxygen atoms in total. The first-order valence-electron chi connectivity index (χ1n) is 3.94. The lowest BCUT2D eigenvalue weighted by Crippen LogP contribution is -2.10. The van der Waals surface area contributed by atoms with Crippen LogP contribution in [0.2, 0.25) is 0 Å². The first kappa shape index (κ1) is 8.56. The second kappa shape index (κ2) is 2.48. The van der Waals surface area contributed by atoms with E-state index in [-0.39, 0.29) is 11.1 Å². The van der Waals surface area contributed by atoms with Crippen LogP contribution in [0.4, 0.5) is 13.2 Å². The molecule has 1 aromatic carbocycles. The molecule has 0 aliphatic heterocycles. The van der Waals surface area contributed by atoms with Gasteiger partial charge in [-0.3, -0.25) is 0 Å². The Morgan fingerprint density at radius 2 is 2.08 bits per heavy atom. The summed E-state index contributed by atoms with van der Waals surface area (Å²) in [5, 5.41) is 0. The number of hydrogen-bond acceptors (Lipinski definition) is 1. The lowest BCUT2D eigenvalue weighted by molar-refractivity contribution is -0.00643. The summed E-state index contributed by atoms with van der Waals surface area (Å²) in [6.07, 6.45) is -0.425. The standard InChI is InChI=1S/C9H8F3N/c10-5-1-2-7-6(3-5)8(13)4-9(7,11)12/h1-3,8H,4,13H2. The third kappa shape index (κ3) is 1.21. The van der Waals surface area contributed by atoms with Crippen LogP contribution in [0.15, 0.2) is 18.2 Å². The molecule has 2 N–H and O–H groups in total. The van der Waals surface area contributed by atoms with Crippen molar-refractivity contribution in [1.29, 1.82) is 0 Å². The average molecular weight is 187 g/mol. The van der Waals surface area contributed by atoms with Crippen molar-refractivity contribution in [1.82, 2.24) is 0 Å². The first-order chi connectivity index (χ1) is 6.00. The van der Waals surface area contributed by atoms with Gasteiger partial charge in [-0.15, -0.1) is 0 Å². The van der Waals surface area contributed by atoms with Crippen LogP contribution in [0.1, 0.15) is 23.6 Å². The predicted octanol–water partition coefficient (Wildman–Crippen LogP) is 2.32. The third-order valence-electron chi connectivity index (χ3n) is 2.28. The van der Waals surface area contributed by atoms with Crippen LogP contribution in [-0.2, 0) is 5.92 Å². The lowest BCUT2D eigenvalue weighted by atomic mass is 10.1. The fraction of sp³-hybridized carbons (Fsp3) is 0.333. The minimum absolute atomic E-state index is 0.138. The number of fused-ring (bicyclic) bond motifs is 1. The molecule has 4 heteroatoms. The second-order valence-corrected chi connectivity index (χ2v) is 3.25. The Morgan fingerprint density at radius 3 is 2.77 bits per heavy atom. The highest BCUT2D eigenvalue weighted by atomic mass is 19.3. The second-order valence-electron chi connectivity index (χ2n) is 3.25. The van der Waals surface area contributed by atoms with Gasteiger partial charge in [0.05, 0.1) is 0 Å². The van der Waals surface area contributed by atoms with Crippen molar-refractivity contribution in [2.24, 2.45) is 5.73 Å². The number of hydrogen-bond donors (Lipinski definition) is 1. The topological polar surface area (TPSA) is 26.0 Å². The molecule has 70 valence electrons. The minimum Gasteiger partial charge on any atom is -0.324 e. The van der Waals surface area contributed by atoms with E-state index in [4.69, 9.17) is 5.73 Å². The van der Waals surface area contributed by atoms with E-state index < -0.39 is 24.2 Å². The Hall–Kier alpha value is -1.03. The normalized spacial score (nSPS) is 24.5. The number of halogens is 3. The van der Waals surface area contributed by atoms with Gasteiger partial charge < -0.3 is 5.73 Å². The Kier molecular flexibility index (Phi) is 1.63. The van der Waals surface area contributed by atoms with Gasteiger partial charge in [0.1, 0.15) is 5.82 Å². The summed E-state index contributed by atoms with van der Waals surface area (Å²) < 4.78 is 38.9. The Labute approximate surface area is 73.4 Å². The van der Waals surface area contributed by atoms with Gasteiger partial charge in [-0.05, 0) is 23.8 Å². The summed E-state index contributed by atoms with van der Waals surface area (Å²) in [5.74, 6) is -3.42. The number of alkyl halides is 2. The maximum absolute atomic E-state index is 13.1. The van der Waals surface area contributed by atoms with E-state index in [0.717, 1.165) is 18.2 Å². The molecule has 1 aliphatic carbocycles. The molecule has 1 aromatic rings. The first-order valence-corrected chi connectivity index (χ1v) is 3.94. The van der Waals surface area contributed by atoms with Crippen molar-refractivity contribution in [2.75, 3.05) is 0 Å². The molecule has 0 bridgehead atoms. The number of nitrogens with two attached hydrogens (primary N) is 1. The molecule has 0 heterocycles. The van der Waals surface area contributed by atoms with E-state index in [1.165, 1.54) is 0 Å². The van der Waals surface area contributed by atoms with Gasteiger partial charge in [0.2, 0.25) is 0 Å². The van der Waals surface area contributed by atoms with Crippen molar-refractivity contribution in [3.63, 3.8) is 0 Å². The predicted molar refractivity (Wildman–Crippen MR) is 41.8 cm³/mol. The Morgan fingerprint density at radius 1 is 1.38 bits per heavy atom. The molecule has 0 amide bonds. The maximum atomic E-state index is 13.1. The minimum atomic E-state index is -2.90. The Bertz CT molecular complexity index is 349. The van der Waals surface area contributed by atoms with Crippen LogP contribution in [0, 0.1) is 5.82 Å². The summed E-state index contributed by atoms with van der Waals surface area (Å²) in [4.78, 5) is 0. The molecule has 0 saturated carbocycles. The monoisotopic (exact) mass is 187 g/mol. The van der Waals surface area contributed by atoms with Gasteiger partial charge >= 0.3 is 0 Å². The van der Waals surface area contributed by atoms with Crippen molar-refractivity contribution in [3.8, 4) is 0 Å². The van der Waals surface area contributed by atoms with Gasteiger partial charge in [-0.1, -0.05) is 0 Å². The molecule has 1 aliphatic rings. The van der Waals surface area contributed by atoms with E-state index in [2.05, 4.69) is 0 Å². The molecule has 1 atom stereocenters. The lowest BCUT2D eigenvalue weighted by Gasteiger charge is -2.08. The van der Waals surface area contributed by atoms with Gasteiger partial charge in [-0.25, -0.2) is 13.2 Å². The molecule has 0 aromatic heterocycles.